The number of unbranched alkanes of at least 4 members (excludes halogenated alkanes) is 1. The molecule has 0 radical (unpaired) electrons. The second-order valence-electron chi connectivity index (χ2n) is 5.98. The highest BCUT2D eigenvalue weighted by Gasteiger charge is 2.29. The fourth-order valence-electron chi connectivity index (χ4n) is 2.98. The van der Waals surface area contributed by atoms with Crippen molar-refractivity contribution >= 4 is 16.0 Å². The molecule has 0 spiro atoms. The summed E-state index contributed by atoms with van der Waals surface area (Å²) in [4.78, 5) is 11.2. The molecule has 2 rings (SSSR count). The summed E-state index contributed by atoms with van der Waals surface area (Å²) in [7, 11) is -3.59. The van der Waals surface area contributed by atoms with E-state index in [0.717, 1.165) is 19.3 Å². The number of carbonyl (C=O) groups is 1. The Bertz CT molecular complexity index is 602. The minimum absolute atomic E-state index is 0.0163. The van der Waals surface area contributed by atoms with Gasteiger partial charge >= 0.3 is 5.97 Å². The molecule has 22 heavy (non-hydrogen) atoms. The Kier molecular flexibility index (Phi) is 5.58. The zero-order chi connectivity index (χ0) is 16.2. The highest BCUT2D eigenvalue weighted by atomic mass is 32.2. The molecule has 0 saturated heterocycles. The lowest BCUT2D eigenvalue weighted by molar-refractivity contribution is -0.139. The molecule has 2 N–H and O–H groups in total. The largest absolute Gasteiger partial charge is 0.480 e. The van der Waals surface area contributed by atoms with E-state index in [1.165, 1.54) is 11.1 Å². The zero-order valence-electron chi connectivity index (χ0n) is 12.8. The molecule has 1 aromatic carbocycles. The first kappa shape index (κ1) is 17.0. The first-order valence-corrected chi connectivity index (χ1v) is 9.36. The van der Waals surface area contributed by atoms with Gasteiger partial charge in [0.15, 0.2) is 0 Å². The van der Waals surface area contributed by atoms with Crippen LogP contribution in [0.2, 0.25) is 0 Å². The fraction of sp³-hybridized carbons (Fsp3) is 0.562. The number of carboxylic acid groups (broad SMARTS) is 1. The molecule has 1 aliphatic carbocycles. The fourth-order valence-corrected chi connectivity index (χ4v) is 4.59. The number of fused-ring (bicyclic) bond motifs is 1. The van der Waals surface area contributed by atoms with Crippen LogP contribution in [0.5, 0.6) is 0 Å². The second kappa shape index (κ2) is 7.24. The topological polar surface area (TPSA) is 83.5 Å². The lowest BCUT2D eigenvalue weighted by Gasteiger charge is -2.16. The van der Waals surface area contributed by atoms with Gasteiger partial charge in [0.05, 0.1) is 5.75 Å². The van der Waals surface area contributed by atoms with Crippen LogP contribution in [0.1, 0.15) is 37.3 Å². The van der Waals surface area contributed by atoms with Crippen molar-refractivity contribution in [3.8, 4) is 0 Å². The third-order valence-corrected chi connectivity index (χ3v) is 5.61. The van der Waals surface area contributed by atoms with E-state index in [-0.39, 0.29) is 11.7 Å². The van der Waals surface area contributed by atoms with Gasteiger partial charge in [0, 0.05) is 0 Å². The summed E-state index contributed by atoms with van der Waals surface area (Å²) in [5.74, 6) is -1.10. The van der Waals surface area contributed by atoms with Crippen LogP contribution in [-0.4, -0.2) is 31.3 Å². The van der Waals surface area contributed by atoms with Gasteiger partial charge < -0.3 is 5.11 Å². The molecule has 0 aromatic heterocycles. The van der Waals surface area contributed by atoms with Crippen LogP contribution in [0.3, 0.4) is 0 Å². The van der Waals surface area contributed by atoms with Gasteiger partial charge in [0.25, 0.3) is 0 Å². The molecule has 1 aliphatic rings. The summed E-state index contributed by atoms with van der Waals surface area (Å²) < 4.78 is 26.8. The van der Waals surface area contributed by atoms with E-state index >= 15 is 0 Å². The molecule has 122 valence electrons. The number of rotatable bonds is 8. The number of carboxylic acids is 1. The Labute approximate surface area is 131 Å². The molecule has 1 aromatic rings. The first-order valence-electron chi connectivity index (χ1n) is 7.71. The average Bonchev–Trinajstić information content (AvgIpc) is 2.84. The van der Waals surface area contributed by atoms with Crippen LogP contribution in [0.25, 0.3) is 0 Å². The van der Waals surface area contributed by atoms with Gasteiger partial charge in [-0.1, -0.05) is 44.0 Å². The molecule has 0 amide bonds. The van der Waals surface area contributed by atoms with E-state index in [0.29, 0.717) is 12.8 Å². The van der Waals surface area contributed by atoms with Crippen molar-refractivity contribution in [2.24, 2.45) is 5.92 Å². The minimum Gasteiger partial charge on any atom is -0.480 e. The van der Waals surface area contributed by atoms with Crippen molar-refractivity contribution in [1.82, 2.24) is 4.72 Å². The summed E-state index contributed by atoms with van der Waals surface area (Å²) in [6.07, 6.45) is 3.33. The van der Waals surface area contributed by atoms with Crippen molar-refractivity contribution in [2.45, 2.75) is 45.1 Å². The molecule has 1 unspecified atom stereocenters. The van der Waals surface area contributed by atoms with Crippen LogP contribution < -0.4 is 4.72 Å². The van der Waals surface area contributed by atoms with Gasteiger partial charge in [-0.05, 0) is 36.3 Å². The molecule has 0 aliphatic heterocycles. The van der Waals surface area contributed by atoms with Crippen molar-refractivity contribution in [2.75, 3.05) is 5.75 Å². The maximum Gasteiger partial charge on any atom is 0.321 e. The molecule has 5 nitrogen and oxygen atoms in total. The molecule has 0 heterocycles. The molecular weight excluding hydrogens is 302 g/mol. The Morgan fingerprint density at radius 3 is 2.41 bits per heavy atom. The number of benzene rings is 1. The quantitative estimate of drug-likeness (QED) is 0.765. The number of nitrogens with one attached hydrogen (secondary N) is 1. The van der Waals surface area contributed by atoms with Gasteiger partial charge in [-0.25, -0.2) is 13.1 Å². The van der Waals surface area contributed by atoms with Gasteiger partial charge in [0.1, 0.15) is 6.04 Å². The molecule has 0 fully saturated rings. The summed E-state index contributed by atoms with van der Waals surface area (Å²) in [6, 6.07) is 6.94. The third-order valence-electron chi connectivity index (χ3n) is 4.06. The second-order valence-corrected chi connectivity index (χ2v) is 7.77. The van der Waals surface area contributed by atoms with Crippen molar-refractivity contribution < 1.29 is 18.3 Å². The highest BCUT2D eigenvalue weighted by molar-refractivity contribution is 7.89. The Balaban J connectivity index is 1.95. The van der Waals surface area contributed by atoms with Crippen LogP contribution in [0.15, 0.2) is 24.3 Å². The van der Waals surface area contributed by atoms with E-state index in [2.05, 4.69) is 4.72 Å². The van der Waals surface area contributed by atoms with Crippen LogP contribution in [-0.2, 0) is 27.7 Å². The maximum atomic E-state index is 12.2. The predicted molar refractivity (Wildman–Crippen MR) is 85.2 cm³/mol. The number of aliphatic carboxylic acids is 1. The van der Waals surface area contributed by atoms with Crippen LogP contribution in [0.4, 0.5) is 0 Å². The van der Waals surface area contributed by atoms with Gasteiger partial charge in [-0.2, -0.15) is 0 Å². The lowest BCUT2D eigenvalue weighted by atomic mass is 10.1. The average molecular weight is 325 g/mol. The zero-order valence-corrected chi connectivity index (χ0v) is 13.6. The Morgan fingerprint density at radius 1 is 1.32 bits per heavy atom. The summed E-state index contributed by atoms with van der Waals surface area (Å²) in [5.41, 5.74) is 2.40. The minimum atomic E-state index is -3.59. The molecule has 0 saturated carbocycles. The highest BCUT2D eigenvalue weighted by Crippen LogP contribution is 2.27. The van der Waals surface area contributed by atoms with Gasteiger partial charge in [0.2, 0.25) is 10.0 Å². The normalized spacial score (nSPS) is 16.4. The smallest absolute Gasteiger partial charge is 0.321 e. The van der Waals surface area contributed by atoms with Crippen LogP contribution >= 0.6 is 0 Å². The first-order chi connectivity index (χ1) is 10.4. The molecule has 6 heteroatoms. The third kappa shape index (κ3) is 4.55. The number of hydrogen-bond acceptors (Lipinski definition) is 3. The predicted octanol–water partition coefficient (Wildman–Crippen LogP) is 1.96. The van der Waals surface area contributed by atoms with Crippen molar-refractivity contribution in [3.63, 3.8) is 0 Å². The number of sulfonamides is 1. The van der Waals surface area contributed by atoms with Gasteiger partial charge in [-0.3, -0.25) is 4.79 Å². The number of hydrogen-bond donors (Lipinski definition) is 2. The Hall–Kier alpha value is -1.40. The molecular formula is C16H23NO4S. The molecule has 0 bridgehead atoms. The summed E-state index contributed by atoms with van der Waals surface area (Å²) >= 11 is 0. The molecule has 1 atom stereocenters. The van der Waals surface area contributed by atoms with Crippen molar-refractivity contribution in [3.05, 3.63) is 35.4 Å². The summed E-state index contributed by atoms with van der Waals surface area (Å²) in [5, 5.41) is 9.14. The van der Waals surface area contributed by atoms with Gasteiger partial charge in [-0.15, -0.1) is 0 Å². The van der Waals surface area contributed by atoms with E-state index in [9.17, 15) is 13.2 Å². The lowest BCUT2D eigenvalue weighted by Crippen LogP contribution is -2.42. The van der Waals surface area contributed by atoms with Crippen LogP contribution in [0, 0.1) is 5.92 Å². The van der Waals surface area contributed by atoms with Crippen molar-refractivity contribution in [1.29, 1.82) is 0 Å². The monoisotopic (exact) mass is 325 g/mol. The Morgan fingerprint density at radius 2 is 1.91 bits per heavy atom. The van der Waals surface area contributed by atoms with E-state index in [1.807, 2.05) is 31.2 Å². The van der Waals surface area contributed by atoms with E-state index in [4.69, 9.17) is 5.11 Å². The van der Waals surface area contributed by atoms with E-state index in [1.54, 1.807) is 0 Å². The van der Waals surface area contributed by atoms with E-state index < -0.39 is 22.0 Å². The summed E-state index contributed by atoms with van der Waals surface area (Å²) in [6.45, 7) is 1.95. The standard InChI is InChI=1S/C16H23NO4S/c1-2-3-8-15(16(18)19)17-22(20,21)11-12-9-13-6-4-5-7-14(13)10-12/h4-7,12,15,17H,2-3,8-11H2,1H3,(H,18,19). The SMILES string of the molecule is CCCCC(NS(=O)(=O)CC1Cc2ccccc2C1)C(=O)O. The maximum absolute atomic E-state index is 12.2.